The van der Waals surface area contributed by atoms with Crippen molar-refractivity contribution in [2.75, 3.05) is 4.90 Å². The Morgan fingerprint density at radius 2 is 0.780 bits per heavy atom. The van der Waals surface area contributed by atoms with E-state index < -0.39 is 0 Å². The second-order valence-corrected chi connectivity index (χ2v) is 15.4. The largest absolute Gasteiger partial charge is 0.310 e. The van der Waals surface area contributed by atoms with E-state index in [9.17, 15) is 0 Å². The molecule has 0 spiro atoms. The molecule has 0 unspecified atom stereocenters. The van der Waals surface area contributed by atoms with Gasteiger partial charge in [0.05, 0.1) is 22.1 Å². The molecular weight excluding hydrogens is 715 g/mol. The molecular formula is C56H37N3. The average Bonchev–Trinajstić information content (AvgIpc) is 3.82. The lowest BCUT2D eigenvalue weighted by molar-refractivity contribution is 1.17. The first-order valence-corrected chi connectivity index (χ1v) is 20.3. The average molecular weight is 752 g/mol. The molecule has 0 saturated heterocycles. The number of benzene rings is 10. The fourth-order valence-corrected chi connectivity index (χ4v) is 9.39. The summed E-state index contributed by atoms with van der Waals surface area (Å²) in [6, 6.07) is 82.0. The molecule has 0 bridgehead atoms. The number of hydrogen-bond acceptors (Lipinski definition) is 1. The third kappa shape index (κ3) is 5.36. The zero-order valence-electron chi connectivity index (χ0n) is 32.2. The van der Waals surface area contributed by atoms with Crippen LogP contribution in [0.1, 0.15) is 0 Å². The summed E-state index contributed by atoms with van der Waals surface area (Å²) < 4.78 is 4.89. The van der Waals surface area contributed by atoms with Crippen LogP contribution >= 0.6 is 0 Å². The molecule has 0 fully saturated rings. The van der Waals surface area contributed by atoms with Gasteiger partial charge in [0.15, 0.2) is 0 Å². The normalized spacial score (nSPS) is 11.7. The van der Waals surface area contributed by atoms with Gasteiger partial charge in [0, 0.05) is 55.5 Å². The van der Waals surface area contributed by atoms with Crippen molar-refractivity contribution in [2.24, 2.45) is 0 Å². The molecule has 276 valence electrons. The minimum absolute atomic E-state index is 1.07. The first-order chi connectivity index (χ1) is 29.3. The van der Waals surface area contributed by atoms with E-state index in [0.717, 1.165) is 34.0 Å². The van der Waals surface area contributed by atoms with Gasteiger partial charge >= 0.3 is 0 Å². The molecule has 0 saturated carbocycles. The first kappa shape index (κ1) is 33.3. The maximum atomic E-state index is 2.45. The smallest absolute Gasteiger partial charge is 0.0619 e. The van der Waals surface area contributed by atoms with Crippen LogP contribution in [0.15, 0.2) is 224 Å². The van der Waals surface area contributed by atoms with Crippen molar-refractivity contribution >= 4 is 82.2 Å². The van der Waals surface area contributed by atoms with Gasteiger partial charge < -0.3 is 14.0 Å². The summed E-state index contributed by atoms with van der Waals surface area (Å²) in [5.74, 6) is 0. The van der Waals surface area contributed by atoms with Gasteiger partial charge in [-0.3, -0.25) is 0 Å². The van der Waals surface area contributed by atoms with E-state index >= 15 is 0 Å². The van der Waals surface area contributed by atoms with Gasteiger partial charge in [0.1, 0.15) is 0 Å². The Balaban J connectivity index is 1.21. The monoisotopic (exact) mass is 751 g/mol. The molecule has 0 aliphatic heterocycles. The predicted molar refractivity (Wildman–Crippen MR) is 250 cm³/mol. The number of hydrogen-bond donors (Lipinski definition) is 0. The molecule has 0 aliphatic carbocycles. The first-order valence-electron chi connectivity index (χ1n) is 20.3. The zero-order valence-corrected chi connectivity index (χ0v) is 32.2. The Hall–Kier alpha value is -7.88. The lowest BCUT2D eigenvalue weighted by atomic mass is 9.99. The number of fused-ring (bicyclic) bond motifs is 8. The Labute approximate surface area is 341 Å². The van der Waals surface area contributed by atoms with Crippen molar-refractivity contribution in [3.8, 4) is 22.5 Å². The molecule has 3 nitrogen and oxygen atoms in total. The molecule has 59 heavy (non-hydrogen) atoms. The van der Waals surface area contributed by atoms with E-state index in [4.69, 9.17) is 0 Å². The fourth-order valence-electron chi connectivity index (χ4n) is 9.39. The Morgan fingerprint density at radius 3 is 1.39 bits per heavy atom. The second-order valence-electron chi connectivity index (χ2n) is 15.4. The van der Waals surface area contributed by atoms with Gasteiger partial charge in [0.25, 0.3) is 0 Å². The van der Waals surface area contributed by atoms with Crippen molar-refractivity contribution in [3.05, 3.63) is 224 Å². The number of aromatic nitrogens is 2. The van der Waals surface area contributed by atoms with Gasteiger partial charge in [-0.1, -0.05) is 152 Å². The highest BCUT2D eigenvalue weighted by Gasteiger charge is 2.22. The maximum Gasteiger partial charge on any atom is 0.0619 e. The summed E-state index contributed by atoms with van der Waals surface area (Å²) in [6.45, 7) is 0. The van der Waals surface area contributed by atoms with Crippen molar-refractivity contribution in [1.29, 1.82) is 0 Å². The molecule has 12 rings (SSSR count). The van der Waals surface area contributed by atoms with E-state index in [1.165, 1.54) is 70.7 Å². The van der Waals surface area contributed by atoms with E-state index in [1.807, 2.05) is 0 Å². The Bertz CT molecular complexity index is 3440. The van der Waals surface area contributed by atoms with Gasteiger partial charge in [-0.15, -0.1) is 0 Å². The highest BCUT2D eigenvalue weighted by molar-refractivity contribution is 6.14. The van der Waals surface area contributed by atoms with Crippen LogP contribution in [0, 0.1) is 0 Å². The summed E-state index contributed by atoms with van der Waals surface area (Å²) in [5.41, 5.74) is 12.5. The van der Waals surface area contributed by atoms with E-state index in [1.54, 1.807) is 0 Å². The standard InChI is InChI=1S/C56H37N3/c1-2-19-43(20-3-1)59-55-28-13-10-23-51(55)52-25-14-24-48(56(52)59)42-35-46(37-47(36-42)58-53-26-11-8-21-49(53)50-22-9-12-27-54(50)58)57(44-31-29-38-15-4-6-17-40(38)33-44)45-32-30-39-16-5-7-18-41(39)34-45/h1-37H. The van der Waals surface area contributed by atoms with Crippen LogP contribution in [0.4, 0.5) is 17.1 Å². The molecule has 10 aromatic carbocycles. The van der Waals surface area contributed by atoms with Crippen LogP contribution in [-0.2, 0) is 0 Å². The van der Waals surface area contributed by atoms with Gasteiger partial charge in [0.2, 0.25) is 0 Å². The van der Waals surface area contributed by atoms with Crippen molar-refractivity contribution in [3.63, 3.8) is 0 Å². The van der Waals surface area contributed by atoms with Crippen molar-refractivity contribution in [1.82, 2.24) is 9.13 Å². The molecule has 12 aromatic rings. The van der Waals surface area contributed by atoms with Gasteiger partial charge in [-0.2, -0.15) is 0 Å². The van der Waals surface area contributed by atoms with E-state index in [0.29, 0.717) is 0 Å². The fraction of sp³-hybridized carbons (Fsp3) is 0. The lowest BCUT2D eigenvalue weighted by Gasteiger charge is -2.28. The molecule has 0 atom stereocenters. The topological polar surface area (TPSA) is 13.1 Å². The number of anilines is 3. The Morgan fingerprint density at radius 1 is 0.288 bits per heavy atom. The highest BCUT2D eigenvalue weighted by Crippen LogP contribution is 2.44. The summed E-state index contributed by atoms with van der Waals surface area (Å²) in [6.07, 6.45) is 0. The number of nitrogens with zero attached hydrogens (tertiary/aromatic N) is 3. The highest BCUT2D eigenvalue weighted by atomic mass is 15.1. The number of rotatable bonds is 6. The van der Waals surface area contributed by atoms with Gasteiger partial charge in [-0.25, -0.2) is 0 Å². The minimum atomic E-state index is 1.07. The van der Waals surface area contributed by atoms with Crippen LogP contribution in [0.2, 0.25) is 0 Å². The quantitative estimate of drug-likeness (QED) is 0.165. The molecule has 0 radical (unpaired) electrons. The third-order valence-electron chi connectivity index (χ3n) is 12.0. The van der Waals surface area contributed by atoms with E-state index in [-0.39, 0.29) is 0 Å². The molecule has 0 aliphatic rings. The molecule has 3 heteroatoms. The zero-order chi connectivity index (χ0) is 38.9. The third-order valence-corrected chi connectivity index (χ3v) is 12.0. The van der Waals surface area contributed by atoms with Gasteiger partial charge in [-0.05, 0) is 99.9 Å². The molecule has 0 amide bonds. The summed E-state index contributed by atoms with van der Waals surface area (Å²) in [5, 5.41) is 9.78. The van der Waals surface area contributed by atoms with Crippen LogP contribution < -0.4 is 4.90 Å². The van der Waals surface area contributed by atoms with Crippen molar-refractivity contribution in [2.45, 2.75) is 0 Å². The second kappa shape index (κ2) is 13.4. The van der Waals surface area contributed by atoms with Crippen LogP contribution in [-0.4, -0.2) is 9.13 Å². The minimum Gasteiger partial charge on any atom is -0.310 e. The number of para-hydroxylation sites is 5. The van der Waals surface area contributed by atoms with Crippen LogP contribution in [0.3, 0.4) is 0 Å². The summed E-state index contributed by atoms with van der Waals surface area (Å²) >= 11 is 0. The summed E-state index contributed by atoms with van der Waals surface area (Å²) in [4.78, 5) is 2.44. The van der Waals surface area contributed by atoms with Crippen LogP contribution in [0.5, 0.6) is 0 Å². The lowest BCUT2D eigenvalue weighted by Crippen LogP contribution is -2.11. The molecule has 2 heterocycles. The predicted octanol–water partition coefficient (Wildman–Crippen LogP) is 15.3. The summed E-state index contributed by atoms with van der Waals surface area (Å²) in [7, 11) is 0. The van der Waals surface area contributed by atoms with E-state index in [2.05, 4.69) is 238 Å². The Kier molecular flexibility index (Phi) is 7.54. The maximum absolute atomic E-state index is 2.45. The van der Waals surface area contributed by atoms with Crippen LogP contribution in [0.25, 0.3) is 87.7 Å². The van der Waals surface area contributed by atoms with Crippen molar-refractivity contribution < 1.29 is 0 Å². The molecule has 2 aromatic heterocycles. The molecule has 0 N–H and O–H groups in total. The SMILES string of the molecule is c1ccc(-n2c3ccccc3c3cccc(-c4cc(N(c5ccc6ccccc6c5)c5ccc6ccccc6c5)cc(-n5c6ccccc6c6ccccc65)c4)c32)cc1.